The Labute approximate surface area is 134 Å². The minimum atomic E-state index is 0.455. The molecule has 1 fully saturated rings. The molecule has 1 saturated heterocycles. The van der Waals surface area contributed by atoms with Crippen LogP contribution in [0.3, 0.4) is 0 Å². The number of hydrogen-bond acceptors (Lipinski definition) is 6. The van der Waals surface area contributed by atoms with E-state index >= 15 is 0 Å². The molecule has 0 aliphatic carbocycles. The lowest BCUT2D eigenvalue weighted by Crippen LogP contribution is -2.33. The molecule has 2 heterocycles. The largest absolute Gasteiger partial charge is 0.496 e. The SMILES string of the molecule is COc1ccccc1-c1nnc(C2CCN(CC#N)CC2)s1. The highest BCUT2D eigenvalue weighted by Crippen LogP contribution is 2.36. The normalized spacial score (nSPS) is 16.4. The Hall–Kier alpha value is -1.97. The average molecular weight is 314 g/mol. The van der Waals surface area contributed by atoms with Gasteiger partial charge in [0.05, 0.1) is 25.3 Å². The molecular formula is C16H18N4OS. The third-order valence-corrected chi connectivity index (χ3v) is 5.13. The molecule has 114 valence electrons. The fourth-order valence-corrected chi connectivity index (χ4v) is 3.81. The highest BCUT2D eigenvalue weighted by Gasteiger charge is 2.24. The van der Waals surface area contributed by atoms with E-state index in [1.165, 1.54) is 0 Å². The number of ether oxygens (including phenoxy) is 1. The van der Waals surface area contributed by atoms with Crippen molar-refractivity contribution in [2.24, 2.45) is 0 Å². The summed E-state index contributed by atoms with van der Waals surface area (Å²) >= 11 is 1.65. The van der Waals surface area contributed by atoms with Gasteiger partial charge in [0.2, 0.25) is 0 Å². The van der Waals surface area contributed by atoms with Gasteiger partial charge in [-0.15, -0.1) is 10.2 Å². The first-order chi connectivity index (χ1) is 10.8. The summed E-state index contributed by atoms with van der Waals surface area (Å²) in [6.45, 7) is 2.44. The van der Waals surface area contributed by atoms with Crippen molar-refractivity contribution < 1.29 is 4.74 Å². The van der Waals surface area contributed by atoms with Gasteiger partial charge in [-0.3, -0.25) is 4.90 Å². The maximum Gasteiger partial charge on any atom is 0.151 e. The molecule has 1 aromatic carbocycles. The zero-order valence-corrected chi connectivity index (χ0v) is 13.3. The summed E-state index contributed by atoms with van der Waals surface area (Å²) in [5.41, 5.74) is 0.996. The fraction of sp³-hybridized carbons (Fsp3) is 0.438. The van der Waals surface area contributed by atoms with Crippen LogP contribution in [0.4, 0.5) is 0 Å². The molecule has 5 nitrogen and oxygen atoms in total. The number of rotatable bonds is 4. The van der Waals surface area contributed by atoms with E-state index in [9.17, 15) is 0 Å². The van der Waals surface area contributed by atoms with Gasteiger partial charge in [-0.05, 0) is 38.1 Å². The van der Waals surface area contributed by atoms with Crippen LogP contribution in [-0.4, -0.2) is 41.8 Å². The second-order valence-corrected chi connectivity index (χ2v) is 6.36. The molecular weight excluding hydrogens is 296 g/mol. The number of nitrogens with zero attached hydrogens (tertiary/aromatic N) is 4. The Morgan fingerprint density at radius 3 is 2.82 bits per heavy atom. The van der Waals surface area contributed by atoms with Crippen LogP contribution in [-0.2, 0) is 0 Å². The summed E-state index contributed by atoms with van der Waals surface area (Å²) in [5.74, 6) is 1.28. The minimum absolute atomic E-state index is 0.455. The van der Waals surface area contributed by atoms with E-state index in [1.807, 2.05) is 24.3 Å². The molecule has 2 aromatic rings. The van der Waals surface area contributed by atoms with Crippen molar-refractivity contribution in [3.05, 3.63) is 29.3 Å². The first-order valence-electron chi connectivity index (χ1n) is 7.38. The van der Waals surface area contributed by atoms with E-state index < -0.39 is 0 Å². The first kappa shape index (κ1) is 14.9. The van der Waals surface area contributed by atoms with Crippen LogP contribution in [0.25, 0.3) is 10.6 Å². The van der Waals surface area contributed by atoms with Gasteiger partial charge < -0.3 is 4.74 Å². The summed E-state index contributed by atoms with van der Waals surface area (Å²) in [4.78, 5) is 2.19. The smallest absolute Gasteiger partial charge is 0.151 e. The van der Waals surface area contributed by atoms with E-state index in [0.717, 1.165) is 47.3 Å². The van der Waals surface area contributed by atoms with Crippen LogP contribution in [0.5, 0.6) is 5.75 Å². The maximum absolute atomic E-state index is 8.76. The molecule has 1 aliphatic heterocycles. The van der Waals surface area contributed by atoms with Gasteiger partial charge in [0, 0.05) is 5.92 Å². The predicted octanol–water partition coefficient (Wildman–Crippen LogP) is 2.92. The zero-order chi connectivity index (χ0) is 15.4. The number of aromatic nitrogens is 2. The van der Waals surface area contributed by atoms with Gasteiger partial charge in [0.1, 0.15) is 10.8 Å². The van der Waals surface area contributed by atoms with E-state index in [-0.39, 0.29) is 0 Å². The van der Waals surface area contributed by atoms with Crippen LogP contribution in [0.1, 0.15) is 23.8 Å². The van der Waals surface area contributed by atoms with Crippen molar-refractivity contribution in [2.45, 2.75) is 18.8 Å². The summed E-state index contributed by atoms with van der Waals surface area (Å²) < 4.78 is 5.40. The Morgan fingerprint density at radius 2 is 2.09 bits per heavy atom. The van der Waals surface area contributed by atoms with Gasteiger partial charge in [0.25, 0.3) is 0 Å². The van der Waals surface area contributed by atoms with Crippen LogP contribution >= 0.6 is 11.3 Å². The quantitative estimate of drug-likeness (QED) is 0.812. The predicted molar refractivity (Wildman–Crippen MR) is 85.9 cm³/mol. The Kier molecular flexibility index (Phi) is 4.66. The molecule has 6 heteroatoms. The van der Waals surface area contributed by atoms with Gasteiger partial charge in [0.15, 0.2) is 5.01 Å². The Bertz CT molecular complexity index is 671. The van der Waals surface area contributed by atoms with E-state index in [0.29, 0.717) is 12.5 Å². The number of benzene rings is 1. The number of para-hydroxylation sites is 1. The molecule has 3 rings (SSSR count). The van der Waals surface area contributed by atoms with Gasteiger partial charge in [-0.2, -0.15) is 5.26 Å². The van der Waals surface area contributed by atoms with Crippen molar-refractivity contribution in [1.29, 1.82) is 5.26 Å². The number of nitriles is 1. The third-order valence-electron chi connectivity index (χ3n) is 4.01. The monoisotopic (exact) mass is 314 g/mol. The fourth-order valence-electron chi connectivity index (χ4n) is 2.77. The highest BCUT2D eigenvalue weighted by atomic mass is 32.1. The lowest BCUT2D eigenvalue weighted by Gasteiger charge is -2.28. The Morgan fingerprint density at radius 1 is 1.32 bits per heavy atom. The van der Waals surface area contributed by atoms with Gasteiger partial charge >= 0.3 is 0 Å². The number of hydrogen-bond donors (Lipinski definition) is 0. The molecule has 0 atom stereocenters. The van der Waals surface area contributed by atoms with Crippen molar-refractivity contribution in [1.82, 2.24) is 15.1 Å². The summed E-state index contributed by atoms with van der Waals surface area (Å²) in [7, 11) is 1.67. The zero-order valence-electron chi connectivity index (χ0n) is 12.5. The number of likely N-dealkylation sites (tertiary alicyclic amines) is 1. The second-order valence-electron chi connectivity index (χ2n) is 5.35. The molecule has 0 spiro atoms. The second kappa shape index (κ2) is 6.86. The molecule has 22 heavy (non-hydrogen) atoms. The van der Waals surface area contributed by atoms with Crippen molar-refractivity contribution >= 4 is 11.3 Å². The van der Waals surface area contributed by atoms with Gasteiger partial charge in [-0.25, -0.2) is 0 Å². The molecule has 0 bridgehead atoms. The number of piperidine rings is 1. The maximum atomic E-state index is 8.76. The third kappa shape index (κ3) is 3.11. The molecule has 0 N–H and O–H groups in total. The minimum Gasteiger partial charge on any atom is -0.496 e. The first-order valence-corrected chi connectivity index (χ1v) is 8.19. The Balaban J connectivity index is 1.73. The molecule has 0 unspecified atom stereocenters. The summed E-state index contributed by atoms with van der Waals surface area (Å²) in [6.07, 6.45) is 2.09. The lowest BCUT2D eigenvalue weighted by atomic mass is 9.98. The van der Waals surface area contributed by atoms with Gasteiger partial charge in [-0.1, -0.05) is 23.5 Å². The van der Waals surface area contributed by atoms with Crippen molar-refractivity contribution in [2.75, 3.05) is 26.7 Å². The van der Waals surface area contributed by atoms with Crippen molar-refractivity contribution in [3.63, 3.8) is 0 Å². The van der Waals surface area contributed by atoms with E-state index in [2.05, 4.69) is 21.2 Å². The van der Waals surface area contributed by atoms with Crippen LogP contribution in [0.15, 0.2) is 24.3 Å². The van der Waals surface area contributed by atoms with Crippen LogP contribution in [0, 0.1) is 11.3 Å². The summed E-state index contributed by atoms with van der Waals surface area (Å²) in [5, 5.41) is 19.5. The molecule has 0 radical (unpaired) electrons. The molecule has 0 saturated carbocycles. The van der Waals surface area contributed by atoms with E-state index in [4.69, 9.17) is 10.00 Å². The topological polar surface area (TPSA) is 62.0 Å². The van der Waals surface area contributed by atoms with Crippen molar-refractivity contribution in [3.8, 4) is 22.4 Å². The summed E-state index contributed by atoms with van der Waals surface area (Å²) in [6, 6.07) is 10.1. The lowest BCUT2D eigenvalue weighted by molar-refractivity contribution is 0.234. The average Bonchev–Trinajstić information content (AvgIpc) is 3.05. The standard InChI is InChI=1S/C16H18N4OS/c1-21-14-5-3-2-4-13(14)16-19-18-15(22-16)12-6-9-20(10-7-12)11-8-17/h2-5,12H,6-7,9-11H2,1H3. The molecule has 0 amide bonds. The van der Waals surface area contributed by atoms with E-state index in [1.54, 1.807) is 18.4 Å². The van der Waals surface area contributed by atoms with Crippen LogP contribution < -0.4 is 4.74 Å². The van der Waals surface area contributed by atoms with Crippen LogP contribution in [0.2, 0.25) is 0 Å². The number of methoxy groups -OCH3 is 1. The highest BCUT2D eigenvalue weighted by molar-refractivity contribution is 7.14. The molecule has 1 aliphatic rings. The molecule has 1 aromatic heterocycles.